The maximum atomic E-state index is 10.1. The molecule has 7 heteroatoms. The number of piperazine rings is 1. The highest BCUT2D eigenvalue weighted by atomic mass is 16.3. The molecule has 138 valence electrons. The molecule has 0 radical (unpaired) electrons. The molecule has 1 aliphatic heterocycles. The van der Waals surface area contributed by atoms with Gasteiger partial charge in [0.1, 0.15) is 5.75 Å². The third-order valence-corrected chi connectivity index (χ3v) is 4.85. The van der Waals surface area contributed by atoms with Gasteiger partial charge in [0.2, 0.25) is 0 Å². The fraction of sp³-hybridized carbons (Fsp3) is 0.250. The van der Waals surface area contributed by atoms with Crippen molar-refractivity contribution in [3.8, 4) is 17.0 Å². The molecule has 27 heavy (non-hydrogen) atoms. The molecule has 0 unspecified atom stereocenters. The minimum Gasteiger partial charge on any atom is -0.507 e. The Morgan fingerprint density at radius 1 is 0.963 bits per heavy atom. The molecule has 3 aromatic rings. The SMILES string of the molecule is Nc1nnc(-c2ccccc2O)cc1N1CCN(Cc2ccncc2)CC1. The van der Waals surface area contributed by atoms with Gasteiger partial charge in [-0.2, -0.15) is 0 Å². The van der Waals surface area contributed by atoms with Crippen molar-refractivity contribution in [3.63, 3.8) is 0 Å². The van der Waals surface area contributed by atoms with Crippen LogP contribution in [0.25, 0.3) is 11.3 Å². The van der Waals surface area contributed by atoms with Crippen LogP contribution in [-0.4, -0.2) is 51.4 Å². The number of rotatable bonds is 4. The van der Waals surface area contributed by atoms with Crippen molar-refractivity contribution in [2.75, 3.05) is 36.8 Å². The van der Waals surface area contributed by atoms with Crippen LogP contribution in [0.1, 0.15) is 5.56 Å². The average molecular weight is 362 g/mol. The number of aromatic hydroxyl groups is 1. The zero-order valence-electron chi connectivity index (χ0n) is 15.0. The number of hydrogen-bond acceptors (Lipinski definition) is 7. The van der Waals surface area contributed by atoms with E-state index < -0.39 is 0 Å². The summed E-state index contributed by atoms with van der Waals surface area (Å²) in [6.45, 7) is 4.53. The third kappa shape index (κ3) is 3.83. The highest BCUT2D eigenvalue weighted by Gasteiger charge is 2.20. The molecule has 1 aromatic carbocycles. The molecule has 1 fully saturated rings. The summed E-state index contributed by atoms with van der Waals surface area (Å²) in [5.74, 6) is 0.599. The number of hydrogen-bond donors (Lipinski definition) is 2. The Labute approximate surface area is 158 Å². The van der Waals surface area contributed by atoms with E-state index in [4.69, 9.17) is 5.73 Å². The average Bonchev–Trinajstić information content (AvgIpc) is 2.70. The zero-order valence-corrected chi connectivity index (χ0v) is 15.0. The first kappa shape index (κ1) is 17.2. The van der Waals surface area contributed by atoms with Gasteiger partial charge in [-0.25, -0.2) is 0 Å². The van der Waals surface area contributed by atoms with E-state index in [9.17, 15) is 5.11 Å². The summed E-state index contributed by atoms with van der Waals surface area (Å²) in [6.07, 6.45) is 3.66. The summed E-state index contributed by atoms with van der Waals surface area (Å²) in [5, 5.41) is 18.4. The van der Waals surface area contributed by atoms with Crippen molar-refractivity contribution >= 4 is 11.5 Å². The fourth-order valence-corrected chi connectivity index (χ4v) is 3.36. The van der Waals surface area contributed by atoms with Gasteiger partial charge < -0.3 is 15.7 Å². The van der Waals surface area contributed by atoms with Crippen molar-refractivity contribution in [1.82, 2.24) is 20.1 Å². The Hall–Kier alpha value is -3.19. The topological polar surface area (TPSA) is 91.4 Å². The van der Waals surface area contributed by atoms with Crippen LogP contribution in [0.2, 0.25) is 0 Å². The number of anilines is 2. The summed E-state index contributed by atoms with van der Waals surface area (Å²) in [7, 11) is 0. The van der Waals surface area contributed by atoms with E-state index in [1.807, 2.05) is 30.6 Å². The van der Waals surface area contributed by atoms with Gasteiger partial charge in [0, 0.05) is 50.7 Å². The van der Waals surface area contributed by atoms with E-state index >= 15 is 0 Å². The maximum Gasteiger partial charge on any atom is 0.169 e. The number of benzene rings is 1. The molecule has 1 saturated heterocycles. The van der Waals surface area contributed by atoms with Crippen molar-refractivity contribution < 1.29 is 5.11 Å². The van der Waals surface area contributed by atoms with Gasteiger partial charge in [-0.05, 0) is 35.9 Å². The molecule has 0 atom stereocenters. The van der Waals surface area contributed by atoms with Gasteiger partial charge in [-0.3, -0.25) is 9.88 Å². The second-order valence-corrected chi connectivity index (χ2v) is 6.64. The standard InChI is InChI=1S/C20H22N6O/c21-20-18(13-17(23-24-20)16-3-1-2-4-19(16)27)26-11-9-25(10-12-26)14-15-5-7-22-8-6-15/h1-8,13,27H,9-12,14H2,(H2,21,24). The minimum atomic E-state index is 0.185. The Morgan fingerprint density at radius 3 is 2.44 bits per heavy atom. The summed E-state index contributed by atoms with van der Waals surface area (Å²) in [4.78, 5) is 8.72. The smallest absolute Gasteiger partial charge is 0.169 e. The molecular weight excluding hydrogens is 340 g/mol. The van der Waals surface area contributed by atoms with E-state index in [1.165, 1.54) is 5.56 Å². The number of aromatic nitrogens is 3. The Kier molecular flexibility index (Phi) is 4.84. The van der Waals surface area contributed by atoms with Crippen LogP contribution < -0.4 is 10.6 Å². The van der Waals surface area contributed by atoms with Gasteiger partial charge in [-0.15, -0.1) is 10.2 Å². The highest BCUT2D eigenvalue weighted by molar-refractivity contribution is 5.74. The number of pyridine rings is 1. The van der Waals surface area contributed by atoms with Crippen LogP contribution in [0.15, 0.2) is 54.9 Å². The van der Waals surface area contributed by atoms with Crippen molar-refractivity contribution in [2.24, 2.45) is 0 Å². The first-order chi connectivity index (χ1) is 13.2. The lowest BCUT2D eigenvalue weighted by Crippen LogP contribution is -2.46. The number of nitrogen functional groups attached to an aromatic ring is 1. The number of nitrogens with zero attached hydrogens (tertiary/aromatic N) is 5. The molecular formula is C20H22N6O. The molecule has 0 bridgehead atoms. The number of para-hydroxylation sites is 1. The summed E-state index contributed by atoms with van der Waals surface area (Å²) < 4.78 is 0. The molecule has 0 spiro atoms. The van der Waals surface area contributed by atoms with Crippen LogP contribution >= 0.6 is 0 Å². The van der Waals surface area contributed by atoms with Crippen molar-refractivity contribution in [3.05, 3.63) is 60.4 Å². The lowest BCUT2D eigenvalue weighted by Gasteiger charge is -2.36. The number of phenols is 1. The number of phenolic OH excluding ortho intramolecular Hbond substituents is 1. The monoisotopic (exact) mass is 362 g/mol. The van der Waals surface area contributed by atoms with Gasteiger partial charge in [0.15, 0.2) is 5.82 Å². The molecule has 0 aliphatic carbocycles. The molecule has 4 rings (SSSR count). The highest BCUT2D eigenvalue weighted by Crippen LogP contribution is 2.31. The molecule has 0 saturated carbocycles. The van der Waals surface area contributed by atoms with Crippen LogP contribution in [0.4, 0.5) is 11.5 Å². The minimum absolute atomic E-state index is 0.185. The first-order valence-corrected chi connectivity index (χ1v) is 8.98. The van der Waals surface area contributed by atoms with E-state index in [1.54, 1.807) is 12.1 Å². The Balaban J connectivity index is 1.48. The fourth-order valence-electron chi connectivity index (χ4n) is 3.36. The second-order valence-electron chi connectivity index (χ2n) is 6.64. The Morgan fingerprint density at radius 2 is 1.70 bits per heavy atom. The van der Waals surface area contributed by atoms with Crippen LogP contribution in [0, 0.1) is 0 Å². The quantitative estimate of drug-likeness (QED) is 0.735. The van der Waals surface area contributed by atoms with Crippen LogP contribution in [-0.2, 0) is 6.54 Å². The largest absolute Gasteiger partial charge is 0.507 e. The van der Waals surface area contributed by atoms with Gasteiger partial charge >= 0.3 is 0 Å². The first-order valence-electron chi connectivity index (χ1n) is 8.98. The normalized spacial score (nSPS) is 15.0. The molecule has 1 aliphatic rings. The Bertz CT molecular complexity index is 909. The lowest BCUT2D eigenvalue weighted by molar-refractivity contribution is 0.250. The third-order valence-electron chi connectivity index (χ3n) is 4.85. The van der Waals surface area contributed by atoms with Crippen molar-refractivity contribution in [1.29, 1.82) is 0 Å². The molecule has 2 aromatic heterocycles. The lowest BCUT2D eigenvalue weighted by atomic mass is 10.1. The van der Waals surface area contributed by atoms with Crippen molar-refractivity contribution in [2.45, 2.75) is 6.54 Å². The molecule has 3 N–H and O–H groups in total. The van der Waals surface area contributed by atoms with E-state index in [0.29, 0.717) is 17.1 Å². The van der Waals surface area contributed by atoms with E-state index in [0.717, 1.165) is 38.4 Å². The number of nitrogens with two attached hydrogens (primary N) is 1. The van der Waals surface area contributed by atoms with Crippen LogP contribution in [0.5, 0.6) is 5.75 Å². The maximum absolute atomic E-state index is 10.1. The summed E-state index contributed by atoms with van der Waals surface area (Å²) in [6, 6.07) is 13.1. The second kappa shape index (κ2) is 7.59. The summed E-state index contributed by atoms with van der Waals surface area (Å²) >= 11 is 0. The van der Waals surface area contributed by atoms with E-state index in [-0.39, 0.29) is 5.75 Å². The van der Waals surface area contributed by atoms with Gasteiger partial charge in [0.05, 0.1) is 11.4 Å². The summed E-state index contributed by atoms with van der Waals surface area (Å²) in [5.41, 5.74) is 9.51. The van der Waals surface area contributed by atoms with E-state index in [2.05, 4.69) is 37.1 Å². The predicted octanol–water partition coefficient (Wildman–Crippen LogP) is 2.15. The molecule has 0 amide bonds. The predicted molar refractivity (Wildman–Crippen MR) is 105 cm³/mol. The molecule has 3 heterocycles. The zero-order chi connectivity index (χ0) is 18.6. The van der Waals surface area contributed by atoms with Crippen LogP contribution in [0.3, 0.4) is 0 Å². The van der Waals surface area contributed by atoms with Gasteiger partial charge in [-0.1, -0.05) is 12.1 Å². The molecule has 7 nitrogen and oxygen atoms in total. The van der Waals surface area contributed by atoms with Gasteiger partial charge in [0.25, 0.3) is 0 Å².